The maximum atomic E-state index is 11.6. The maximum Gasteiger partial charge on any atom is 0.328 e. The van der Waals surface area contributed by atoms with Crippen molar-refractivity contribution >= 4 is 23.6 Å². The molecule has 0 radical (unpaired) electrons. The van der Waals surface area contributed by atoms with Crippen LogP contribution in [0.15, 0.2) is 29.2 Å². The molecular formula is C13H17NO3S. The molecule has 0 fully saturated rings. The predicted octanol–water partition coefficient (Wildman–Crippen LogP) is 1.76. The second-order valence-corrected chi connectivity index (χ2v) is 4.96. The van der Waals surface area contributed by atoms with Gasteiger partial charge < -0.3 is 10.1 Å². The summed E-state index contributed by atoms with van der Waals surface area (Å²) in [5, 5.41) is 2.58. The van der Waals surface area contributed by atoms with Gasteiger partial charge in [-0.3, -0.25) is 4.79 Å². The van der Waals surface area contributed by atoms with Gasteiger partial charge in [-0.15, -0.1) is 11.8 Å². The smallest absolute Gasteiger partial charge is 0.328 e. The third kappa shape index (κ3) is 4.79. The number of aryl methyl sites for hydroxylation is 1. The number of rotatable bonds is 5. The van der Waals surface area contributed by atoms with Gasteiger partial charge in [-0.1, -0.05) is 17.7 Å². The van der Waals surface area contributed by atoms with Crippen LogP contribution in [-0.2, 0) is 14.3 Å². The number of carbonyl (C=O) groups excluding carboxylic acids is 2. The summed E-state index contributed by atoms with van der Waals surface area (Å²) in [6, 6.07) is 7.32. The van der Waals surface area contributed by atoms with Crippen molar-refractivity contribution in [3.8, 4) is 0 Å². The highest BCUT2D eigenvalue weighted by Gasteiger charge is 2.15. The normalized spacial score (nSPS) is 11.7. The number of amides is 1. The van der Waals surface area contributed by atoms with Crippen molar-refractivity contribution in [1.29, 1.82) is 0 Å². The summed E-state index contributed by atoms with van der Waals surface area (Å²) in [4.78, 5) is 23.7. The number of carbonyl (C=O) groups is 2. The number of ether oxygens (including phenoxy) is 1. The van der Waals surface area contributed by atoms with E-state index in [9.17, 15) is 9.59 Å². The summed E-state index contributed by atoms with van der Waals surface area (Å²) < 4.78 is 4.53. The molecule has 5 heteroatoms. The van der Waals surface area contributed by atoms with Crippen LogP contribution in [-0.4, -0.2) is 30.8 Å². The van der Waals surface area contributed by atoms with Crippen molar-refractivity contribution in [2.75, 3.05) is 12.9 Å². The fourth-order valence-electron chi connectivity index (χ4n) is 1.30. The van der Waals surface area contributed by atoms with Crippen LogP contribution >= 0.6 is 11.8 Å². The topological polar surface area (TPSA) is 55.4 Å². The van der Waals surface area contributed by atoms with E-state index in [2.05, 4.69) is 10.1 Å². The van der Waals surface area contributed by atoms with Gasteiger partial charge in [0.1, 0.15) is 6.04 Å². The van der Waals surface area contributed by atoms with Gasteiger partial charge in [0, 0.05) is 4.90 Å². The van der Waals surface area contributed by atoms with E-state index in [0.717, 1.165) is 4.90 Å². The molecule has 0 bridgehead atoms. The Morgan fingerprint density at radius 2 is 1.94 bits per heavy atom. The van der Waals surface area contributed by atoms with Crippen LogP contribution < -0.4 is 5.32 Å². The molecular weight excluding hydrogens is 250 g/mol. The van der Waals surface area contributed by atoms with E-state index in [-0.39, 0.29) is 11.7 Å². The van der Waals surface area contributed by atoms with Crippen LogP contribution in [0, 0.1) is 6.92 Å². The van der Waals surface area contributed by atoms with Crippen molar-refractivity contribution in [3.63, 3.8) is 0 Å². The standard InChI is InChI=1S/C13H17NO3S/c1-9-4-6-11(7-5-9)18-8-12(15)14-10(2)13(16)17-3/h4-7,10H,8H2,1-3H3,(H,14,15)/t10-/m0/s1. The quantitative estimate of drug-likeness (QED) is 0.652. The van der Waals surface area contributed by atoms with Crippen LogP contribution in [0.1, 0.15) is 12.5 Å². The summed E-state index contributed by atoms with van der Waals surface area (Å²) in [7, 11) is 1.30. The third-order valence-corrected chi connectivity index (χ3v) is 3.34. The molecule has 1 aromatic carbocycles. The Bertz CT molecular complexity index is 417. The monoisotopic (exact) mass is 267 g/mol. The molecule has 0 aliphatic rings. The first-order valence-corrected chi connectivity index (χ1v) is 6.58. The highest BCUT2D eigenvalue weighted by atomic mass is 32.2. The van der Waals surface area contributed by atoms with E-state index in [4.69, 9.17) is 0 Å². The second kappa shape index (κ2) is 7.06. The number of hydrogen-bond donors (Lipinski definition) is 1. The number of methoxy groups -OCH3 is 1. The van der Waals surface area contributed by atoms with Crippen LogP contribution in [0.3, 0.4) is 0 Å². The van der Waals surface area contributed by atoms with Crippen LogP contribution in [0.25, 0.3) is 0 Å². The molecule has 0 spiro atoms. The third-order valence-electron chi connectivity index (χ3n) is 2.32. The molecule has 1 amide bonds. The Morgan fingerprint density at radius 3 is 2.50 bits per heavy atom. The van der Waals surface area contributed by atoms with Gasteiger partial charge in [0.2, 0.25) is 5.91 Å². The number of esters is 1. The average molecular weight is 267 g/mol. The molecule has 0 heterocycles. The predicted molar refractivity (Wildman–Crippen MR) is 71.5 cm³/mol. The van der Waals surface area contributed by atoms with Crippen LogP contribution in [0.5, 0.6) is 0 Å². The zero-order chi connectivity index (χ0) is 13.5. The van der Waals surface area contributed by atoms with Gasteiger partial charge in [0.25, 0.3) is 0 Å². The van der Waals surface area contributed by atoms with Crippen molar-refractivity contribution in [2.24, 2.45) is 0 Å². The Morgan fingerprint density at radius 1 is 1.33 bits per heavy atom. The lowest BCUT2D eigenvalue weighted by Gasteiger charge is -2.11. The molecule has 1 atom stereocenters. The van der Waals surface area contributed by atoms with Gasteiger partial charge in [-0.05, 0) is 26.0 Å². The van der Waals surface area contributed by atoms with Crippen LogP contribution in [0.2, 0.25) is 0 Å². The molecule has 0 saturated heterocycles. The minimum absolute atomic E-state index is 0.182. The van der Waals surface area contributed by atoms with Crippen molar-refractivity contribution in [3.05, 3.63) is 29.8 Å². The lowest BCUT2D eigenvalue weighted by atomic mass is 10.2. The lowest BCUT2D eigenvalue weighted by molar-refractivity contribution is -0.144. The molecule has 4 nitrogen and oxygen atoms in total. The van der Waals surface area contributed by atoms with Gasteiger partial charge in [-0.2, -0.15) is 0 Å². The zero-order valence-electron chi connectivity index (χ0n) is 10.7. The summed E-state index contributed by atoms with van der Waals surface area (Å²) >= 11 is 1.43. The van der Waals surface area contributed by atoms with E-state index in [1.165, 1.54) is 24.4 Å². The Kier molecular flexibility index (Phi) is 5.71. The molecule has 0 aromatic heterocycles. The van der Waals surface area contributed by atoms with E-state index < -0.39 is 12.0 Å². The molecule has 1 rings (SSSR count). The first kappa shape index (κ1) is 14.6. The summed E-state index contributed by atoms with van der Waals surface area (Å²) in [6.45, 7) is 3.61. The fourth-order valence-corrected chi connectivity index (χ4v) is 2.01. The van der Waals surface area contributed by atoms with Crippen LogP contribution in [0.4, 0.5) is 0 Å². The maximum absolute atomic E-state index is 11.6. The van der Waals surface area contributed by atoms with Gasteiger partial charge >= 0.3 is 5.97 Å². The Balaban J connectivity index is 2.37. The van der Waals surface area contributed by atoms with E-state index in [1.54, 1.807) is 6.92 Å². The van der Waals surface area contributed by atoms with Crippen molar-refractivity contribution < 1.29 is 14.3 Å². The molecule has 1 aromatic rings. The fraction of sp³-hybridized carbons (Fsp3) is 0.385. The van der Waals surface area contributed by atoms with Gasteiger partial charge in [0.15, 0.2) is 0 Å². The molecule has 0 unspecified atom stereocenters. The minimum atomic E-state index is -0.610. The first-order valence-electron chi connectivity index (χ1n) is 5.59. The lowest BCUT2D eigenvalue weighted by Crippen LogP contribution is -2.40. The van der Waals surface area contributed by atoms with E-state index >= 15 is 0 Å². The second-order valence-electron chi connectivity index (χ2n) is 3.91. The molecule has 1 N–H and O–H groups in total. The highest BCUT2D eigenvalue weighted by Crippen LogP contribution is 2.17. The number of hydrogen-bond acceptors (Lipinski definition) is 4. The number of nitrogens with one attached hydrogen (secondary N) is 1. The summed E-state index contributed by atoms with van der Waals surface area (Å²) in [5.74, 6) is -0.341. The van der Waals surface area contributed by atoms with Crippen molar-refractivity contribution in [2.45, 2.75) is 24.8 Å². The Hall–Kier alpha value is -1.49. The largest absolute Gasteiger partial charge is 0.467 e. The van der Waals surface area contributed by atoms with E-state index in [0.29, 0.717) is 0 Å². The molecule has 0 aliphatic heterocycles. The number of thioether (sulfide) groups is 1. The summed E-state index contributed by atoms with van der Waals surface area (Å²) in [5.41, 5.74) is 1.18. The highest BCUT2D eigenvalue weighted by molar-refractivity contribution is 8.00. The average Bonchev–Trinajstić information content (AvgIpc) is 2.37. The number of benzene rings is 1. The van der Waals surface area contributed by atoms with E-state index in [1.807, 2.05) is 31.2 Å². The molecule has 98 valence electrons. The SMILES string of the molecule is COC(=O)[C@H](C)NC(=O)CSc1ccc(C)cc1. The van der Waals surface area contributed by atoms with Gasteiger partial charge in [-0.25, -0.2) is 4.79 Å². The molecule has 0 saturated carbocycles. The molecule has 18 heavy (non-hydrogen) atoms. The minimum Gasteiger partial charge on any atom is -0.467 e. The molecule has 0 aliphatic carbocycles. The van der Waals surface area contributed by atoms with Crippen molar-refractivity contribution in [1.82, 2.24) is 5.32 Å². The Labute approximate surface area is 111 Å². The zero-order valence-corrected chi connectivity index (χ0v) is 11.5. The first-order chi connectivity index (χ1) is 8.52. The summed E-state index contributed by atoms with van der Waals surface area (Å²) in [6.07, 6.45) is 0. The van der Waals surface area contributed by atoms with Gasteiger partial charge in [0.05, 0.1) is 12.9 Å².